The molecule has 0 aliphatic rings. The second kappa shape index (κ2) is 5.36. The van der Waals surface area contributed by atoms with Crippen LogP contribution in [0.25, 0.3) is 5.65 Å². The van der Waals surface area contributed by atoms with Crippen LogP contribution in [-0.4, -0.2) is 25.9 Å². The summed E-state index contributed by atoms with van der Waals surface area (Å²) in [5.74, 6) is 0.786. The maximum absolute atomic E-state index is 4.41. The van der Waals surface area contributed by atoms with Crippen molar-refractivity contribution < 1.29 is 0 Å². The summed E-state index contributed by atoms with van der Waals surface area (Å²) in [4.78, 5) is 12.7. The van der Waals surface area contributed by atoms with Crippen LogP contribution in [0.1, 0.15) is 5.56 Å². The van der Waals surface area contributed by atoms with Gasteiger partial charge in [0.05, 0.1) is 0 Å². The molecule has 0 bridgehead atoms. The normalized spacial score (nSPS) is 10.8. The molecule has 0 aliphatic carbocycles. The molecule has 0 saturated heterocycles. The Morgan fingerprint density at radius 1 is 1.21 bits per heavy atom. The van der Waals surface area contributed by atoms with Gasteiger partial charge in [-0.2, -0.15) is 0 Å². The first-order valence-electron chi connectivity index (χ1n) is 5.95. The van der Waals surface area contributed by atoms with Crippen molar-refractivity contribution in [2.24, 2.45) is 0 Å². The van der Waals surface area contributed by atoms with Gasteiger partial charge in [0.25, 0.3) is 0 Å². The minimum absolute atomic E-state index is 0.782. The van der Waals surface area contributed by atoms with Crippen LogP contribution in [0.3, 0.4) is 0 Å². The van der Waals surface area contributed by atoms with Gasteiger partial charge < -0.3 is 9.72 Å². The molecular formula is C13H12BrN5. The molecule has 0 aromatic carbocycles. The van der Waals surface area contributed by atoms with Crippen LogP contribution >= 0.6 is 15.9 Å². The monoisotopic (exact) mass is 317 g/mol. The summed E-state index contributed by atoms with van der Waals surface area (Å²) < 4.78 is 2.72. The fraction of sp³-hybridized carbons (Fsp3) is 0.154. The molecule has 5 nitrogen and oxygen atoms in total. The zero-order valence-electron chi connectivity index (χ0n) is 10.1. The molecule has 3 rings (SSSR count). The van der Waals surface area contributed by atoms with Crippen LogP contribution in [0.4, 0.5) is 5.82 Å². The molecule has 96 valence electrons. The number of hydrogen-bond acceptors (Lipinski definition) is 4. The van der Waals surface area contributed by atoms with E-state index in [1.807, 2.05) is 28.9 Å². The van der Waals surface area contributed by atoms with Gasteiger partial charge in [-0.15, -0.1) is 0 Å². The summed E-state index contributed by atoms with van der Waals surface area (Å²) >= 11 is 3.40. The minimum atomic E-state index is 0.782. The number of fused-ring (bicyclic) bond motifs is 1. The molecule has 0 radical (unpaired) electrons. The largest absolute Gasteiger partial charge is 0.367 e. The van der Waals surface area contributed by atoms with Crippen molar-refractivity contribution in [3.8, 4) is 0 Å². The zero-order valence-corrected chi connectivity index (χ0v) is 11.7. The quantitative estimate of drug-likeness (QED) is 0.803. The Labute approximate surface area is 118 Å². The minimum Gasteiger partial charge on any atom is -0.367 e. The third-order valence-electron chi connectivity index (χ3n) is 2.80. The fourth-order valence-corrected chi connectivity index (χ4v) is 2.29. The van der Waals surface area contributed by atoms with E-state index in [9.17, 15) is 0 Å². The number of imidazole rings is 1. The number of rotatable bonds is 4. The summed E-state index contributed by atoms with van der Waals surface area (Å²) in [5, 5.41) is 3.32. The molecule has 0 aliphatic heterocycles. The lowest BCUT2D eigenvalue weighted by atomic mass is 10.2. The van der Waals surface area contributed by atoms with Crippen molar-refractivity contribution in [1.29, 1.82) is 0 Å². The van der Waals surface area contributed by atoms with Gasteiger partial charge in [0, 0.05) is 37.5 Å². The number of halogens is 1. The highest BCUT2D eigenvalue weighted by Crippen LogP contribution is 2.16. The van der Waals surface area contributed by atoms with E-state index in [-0.39, 0.29) is 0 Å². The van der Waals surface area contributed by atoms with Crippen LogP contribution < -0.4 is 5.32 Å². The maximum Gasteiger partial charge on any atom is 0.180 e. The van der Waals surface area contributed by atoms with E-state index in [1.165, 1.54) is 5.56 Å². The molecule has 0 fully saturated rings. The Balaban J connectivity index is 1.73. The second-order valence-corrected chi connectivity index (χ2v) is 4.92. The average Bonchev–Trinajstić information content (AvgIpc) is 2.88. The topological polar surface area (TPSA) is 55.1 Å². The lowest BCUT2D eigenvalue weighted by molar-refractivity contribution is 0.988. The summed E-state index contributed by atoms with van der Waals surface area (Å²) in [5.41, 5.74) is 2.08. The molecule has 0 atom stereocenters. The first kappa shape index (κ1) is 12.1. The first-order valence-corrected chi connectivity index (χ1v) is 6.74. The molecular weight excluding hydrogens is 306 g/mol. The third-order valence-corrected chi connectivity index (χ3v) is 3.18. The maximum atomic E-state index is 4.41. The standard InChI is InChI=1S/C13H12BrN5/c14-11-9-19-8-7-17-13(19)12(18-11)16-6-3-10-1-4-15-5-2-10/h1-2,4-5,7-9H,3,6H2,(H,16,18). The second-order valence-electron chi connectivity index (χ2n) is 4.10. The van der Waals surface area contributed by atoms with Gasteiger partial charge in [-0.05, 0) is 40.0 Å². The van der Waals surface area contributed by atoms with Crippen molar-refractivity contribution in [1.82, 2.24) is 19.4 Å². The van der Waals surface area contributed by atoms with E-state index < -0.39 is 0 Å². The predicted molar refractivity (Wildman–Crippen MR) is 77.1 cm³/mol. The molecule has 19 heavy (non-hydrogen) atoms. The molecule has 1 N–H and O–H groups in total. The molecule has 3 aromatic rings. The SMILES string of the molecule is Brc1cn2ccnc2c(NCCc2ccncc2)n1. The average molecular weight is 318 g/mol. The van der Waals surface area contributed by atoms with E-state index in [4.69, 9.17) is 0 Å². The van der Waals surface area contributed by atoms with Crippen LogP contribution in [-0.2, 0) is 6.42 Å². The molecule has 0 spiro atoms. The van der Waals surface area contributed by atoms with E-state index in [1.54, 1.807) is 18.6 Å². The molecule has 6 heteroatoms. The van der Waals surface area contributed by atoms with Gasteiger partial charge in [0.15, 0.2) is 11.5 Å². The Morgan fingerprint density at radius 2 is 2.05 bits per heavy atom. The summed E-state index contributed by atoms with van der Waals surface area (Å²) in [6, 6.07) is 4.03. The van der Waals surface area contributed by atoms with Gasteiger partial charge in [-0.1, -0.05) is 0 Å². The van der Waals surface area contributed by atoms with E-state index in [0.29, 0.717) is 0 Å². The lowest BCUT2D eigenvalue weighted by Gasteiger charge is -2.07. The van der Waals surface area contributed by atoms with Crippen molar-refractivity contribution in [3.05, 3.63) is 53.3 Å². The van der Waals surface area contributed by atoms with Crippen LogP contribution in [0, 0.1) is 0 Å². The highest BCUT2D eigenvalue weighted by Gasteiger charge is 2.05. The lowest BCUT2D eigenvalue weighted by Crippen LogP contribution is -2.08. The molecule has 0 amide bonds. The number of anilines is 1. The summed E-state index contributed by atoms with van der Waals surface area (Å²) in [7, 11) is 0. The number of aromatic nitrogens is 4. The number of nitrogens with zero attached hydrogens (tertiary/aromatic N) is 4. The van der Waals surface area contributed by atoms with Crippen LogP contribution in [0.5, 0.6) is 0 Å². The zero-order chi connectivity index (χ0) is 13.1. The first-order chi connectivity index (χ1) is 9.33. The van der Waals surface area contributed by atoms with Gasteiger partial charge in [0.1, 0.15) is 4.60 Å². The predicted octanol–water partition coefficient (Wildman–Crippen LogP) is 2.54. The number of hydrogen-bond donors (Lipinski definition) is 1. The van der Waals surface area contributed by atoms with Crippen molar-refractivity contribution in [2.75, 3.05) is 11.9 Å². The van der Waals surface area contributed by atoms with Crippen molar-refractivity contribution >= 4 is 27.4 Å². The Morgan fingerprint density at radius 3 is 2.89 bits per heavy atom. The Kier molecular flexibility index (Phi) is 3.41. The van der Waals surface area contributed by atoms with Gasteiger partial charge >= 0.3 is 0 Å². The molecule has 0 saturated carbocycles. The summed E-state index contributed by atoms with van der Waals surface area (Å²) in [6.45, 7) is 0.802. The molecule has 3 aromatic heterocycles. The smallest absolute Gasteiger partial charge is 0.180 e. The van der Waals surface area contributed by atoms with E-state index in [2.05, 4.69) is 36.2 Å². The van der Waals surface area contributed by atoms with Gasteiger partial charge in [0.2, 0.25) is 0 Å². The van der Waals surface area contributed by atoms with E-state index >= 15 is 0 Å². The number of pyridine rings is 1. The third kappa shape index (κ3) is 2.73. The molecule has 0 unspecified atom stereocenters. The highest BCUT2D eigenvalue weighted by atomic mass is 79.9. The van der Waals surface area contributed by atoms with Gasteiger partial charge in [-0.3, -0.25) is 4.98 Å². The number of nitrogens with one attached hydrogen (secondary N) is 1. The molecule has 3 heterocycles. The van der Waals surface area contributed by atoms with Crippen molar-refractivity contribution in [3.63, 3.8) is 0 Å². The Hall–Kier alpha value is -1.95. The van der Waals surface area contributed by atoms with Crippen LogP contribution in [0.2, 0.25) is 0 Å². The van der Waals surface area contributed by atoms with Crippen molar-refractivity contribution in [2.45, 2.75) is 6.42 Å². The van der Waals surface area contributed by atoms with Gasteiger partial charge in [-0.25, -0.2) is 9.97 Å². The van der Waals surface area contributed by atoms with E-state index in [0.717, 1.165) is 29.0 Å². The Bertz CT molecular complexity index is 680. The fourth-order valence-electron chi connectivity index (χ4n) is 1.89. The highest BCUT2D eigenvalue weighted by molar-refractivity contribution is 9.10. The van der Waals surface area contributed by atoms with Crippen LogP contribution in [0.15, 0.2) is 47.7 Å². The summed E-state index contributed by atoms with van der Waals surface area (Å²) in [6.07, 6.45) is 10.1.